The fraction of sp³-hybridized carbons (Fsp3) is 0.158. The second-order valence-corrected chi connectivity index (χ2v) is 6.43. The Morgan fingerprint density at radius 2 is 1.79 bits per heavy atom. The second-order valence-electron chi connectivity index (χ2n) is 6.43. The molecule has 3 aromatic heterocycles. The lowest BCUT2D eigenvalue weighted by Crippen LogP contribution is -2.11. The molecule has 0 aliphatic heterocycles. The molecule has 0 aliphatic rings. The Balaban J connectivity index is 1.76. The van der Waals surface area contributed by atoms with Gasteiger partial charge in [-0.05, 0) is 26.0 Å². The number of tetrazole rings is 1. The molecule has 0 amide bonds. The Labute approximate surface area is 161 Å². The van der Waals surface area contributed by atoms with Crippen molar-refractivity contribution in [3.63, 3.8) is 0 Å². The van der Waals surface area contributed by atoms with Gasteiger partial charge in [-0.25, -0.2) is 15.0 Å². The molecule has 0 bridgehead atoms. The van der Waals surface area contributed by atoms with E-state index in [-0.39, 0.29) is 6.04 Å². The first-order chi connectivity index (χ1) is 13.6. The summed E-state index contributed by atoms with van der Waals surface area (Å²) in [5.41, 5.74) is 10.4. The van der Waals surface area contributed by atoms with Gasteiger partial charge in [0, 0.05) is 29.1 Å². The van der Waals surface area contributed by atoms with Crippen LogP contribution in [0.15, 0.2) is 48.8 Å². The number of nitrogens with zero attached hydrogens (tertiary/aromatic N) is 6. The minimum absolute atomic E-state index is 0.200. The molecule has 1 aromatic carbocycles. The molecule has 0 saturated carbocycles. The minimum Gasteiger partial charge on any atom is -0.384 e. The van der Waals surface area contributed by atoms with E-state index in [0.717, 1.165) is 22.4 Å². The first-order valence-electron chi connectivity index (χ1n) is 8.76. The number of aromatic amines is 1. The summed E-state index contributed by atoms with van der Waals surface area (Å²) in [7, 11) is 0. The van der Waals surface area contributed by atoms with Crippen LogP contribution in [-0.2, 0) is 0 Å². The van der Waals surface area contributed by atoms with Crippen LogP contribution in [0.5, 0.6) is 0 Å². The number of anilines is 2. The average Bonchev–Trinajstić information content (AvgIpc) is 3.24. The third kappa shape index (κ3) is 3.63. The molecular weight excluding hydrogens is 354 g/mol. The van der Waals surface area contributed by atoms with Crippen molar-refractivity contribution in [3.05, 3.63) is 60.2 Å². The van der Waals surface area contributed by atoms with Gasteiger partial charge >= 0.3 is 0 Å². The fourth-order valence-corrected chi connectivity index (χ4v) is 2.77. The molecule has 0 fully saturated rings. The normalized spacial score (nSPS) is 11.9. The van der Waals surface area contributed by atoms with Crippen LogP contribution in [0.3, 0.4) is 0 Å². The van der Waals surface area contributed by atoms with Crippen LogP contribution in [0.2, 0.25) is 0 Å². The maximum absolute atomic E-state index is 5.72. The van der Waals surface area contributed by atoms with Crippen molar-refractivity contribution in [1.82, 2.24) is 35.6 Å². The lowest BCUT2D eigenvalue weighted by atomic mass is 10.0. The number of benzene rings is 1. The van der Waals surface area contributed by atoms with E-state index in [1.165, 1.54) is 5.56 Å². The molecule has 0 saturated heterocycles. The van der Waals surface area contributed by atoms with E-state index < -0.39 is 0 Å². The summed E-state index contributed by atoms with van der Waals surface area (Å²) >= 11 is 0. The molecule has 3 heterocycles. The molecular formula is C19H19N9. The van der Waals surface area contributed by atoms with Crippen molar-refractivity contribution in [3.8, 4) is 22.4 Å². The van der Waals surface area contributed by atoms with Crippen LogP contribution >= 0.6 is 0 Å². The molecule has 9 nitrogen and oxygen atoms in total. The number of hydrogen-bond acceptors (Lipinski definition) is 8. The third-order valence-electron chi connectivity index (χ3n) is 4.31. The summed E-state index contributed by atoms with van der Waals surface area (Å²) < 4.78 is 0. The molecule has 0 aliphatic carbocycles. The number of pyridine rings is 1. The smallest absolute Gasteiger partial charge is 0.223 e. The summed E-state index contributed by atoms with van der Waals surface area (Å²) in [4.78, 5) is 13.4. The van der Waals surface area contributed by atoms with Gasteiger partial charge in [0.05, 0.1) is 11.7 Å². The van der Waals surface area contributed by atoms with E-state index in [2.05, 4.69) is 48.0 Å². The van der Waals surface area contributed by atoms with E-state index in [1.807, 2.05) is 32.0 Å². The molecule has 0 radical (unpaired) electrons. The Morgan fingerprint density at radius 1 is 1.00 bits per heavy atom. The minimum atomic E-state index is -0.200. The van der Waals surface area contributed by atoms with Crippen LogP contribution in [0.4, 0.5) is 11.8 Å². The van der Waals surface area contributed by atoms with Crippen molar-refractivity contribution >= 4 is 11.8 Å². The summed E-state index contributed by atoms with van der Waals surface area (Å²) in [5.74, 6) is 1.47. The molecule has 4 aromatic rings. The molecule has 4 N–H and O–H groups in total. The standard InChI is InChI=1S/C19H19N9/c1-11-3-5-13(6-4-11)17-15(14-7-8-16(20)21-9-14)10-22-19(24-17)23-12(2)18-25-27-28-26-18/h3-10,12H,1-2H3,(H2,20,21)(H,22,23,24)(H,25,26,27,28)/t12-/m1/s1. The maximum Gasteiger partial charge on any atom is 0.223 e. The molecule has 140 valence electrons. The van der Waals surface area contributed by atoms with Crippen LogP contribution < -0.4 is 11.1 Å². The van der Waals surface area contributed by atoms with E-state index in [9.17, 15) is 0 Å². The topological polar surface area (TPSA) is 131 Å². The van der Waals surface area contributed by atoms with E-state index in [1.54, 1.807) is 18.5 Å². The quantitative estimate of drug-likeness (QED) is 0.487. The summed E-state index contributed by atoms with van der Waals surface area (Å²) in [6, 6.07) is 11.7. The van der Waals surface area contributed by atoms with Gasteiger partial charge in [0.25, 0.3) is 0 Å². The lowest BCUT2D eigenvalue weighted by molar-refractivity contribution is 0.781. The Kier molecular flexibility index (Phi) is 4.63. The van der Waals surface area contributed by atoms with Crippen LogP contribution in [-0.4, -0.2) is 35.6 Å². The van der Waals surface area contributed by atoms with Gasteiger partial charge in [-0.1, -0.05) is 35.0 Å². The van der Waals surface area contributed by atoms with Gasteiger partial charge in [-0.3, -0.25) is 0 Å². The summed E-state index contributed by atoms with van der Waals surface area (Å²) in [6.45, 7) is 3.96. The Bertz CT molecular complexity index is 1060. The first kappa shape index (κ1) is 17.5. The van der Waals surface area contributed by atoms with Gasteiger partial charge in [-0.15, -0.1) is 10.2 Å². The van der Waals surface area contributed by atoms with Crippen molar-refractivity contribution in [2.45, 2.75) is 19.9 Å². The summed E-state index contributed by atoms with van der Waals surface area (Å²) in [5, 5.41) is 17.2. The number of nitrogens with two attached hydrogens (primary N) is 1. The first-order valence-corrected chi connectivity index (χ1v) is 8.76. The highest BCUT2D eigenvalue weighted by molar-refractivity contribution is 5.80. The Morgan fingerprint density at radius 3 is 2.46 bits per heavy atom. The number of rotatable bonds is 5. The highest BCUT2D eigenvalue weighted by Gasteiger charge is 2.15. The van der Waals surface area contributed by atoms with Crippen molar-refractivity contribution in [1.29, 1.82) is 0 Å². The average molecular weight is 373 g/mol. The zero-order valence-corrected chi connectivity index (χ0v) is 15.5. The number of H-pyrrole nitrogens is 1. The summed E-state index contributed by atoms with van der Waals surface area (Å²) in [6.07, 6.45) is 3.50. The van der Waals surface area contributed by atoms with Gasteiger partial charge in [0.2, 0.25) is 5.95 Å². The molecule has 28 heavy (non-hydrogen) atoms. The van der Waals surface area contributed by atoms with Crippen LogP contribution in [0.25, 0.3) is 22.4 Å². The highest BCUT2D eigenvalue weighted by atomic mass is 15.5. The molecule has 9 heteroatoms. The highest BCUT2D eigenvalue weighted by Crippen LogP contribution is 2.31. The van der Waals surface area contributed by atoms with Crippen molar-refractivity contribution in [2.75, 3.05) is 11.1 Å². The van der Waals surface area contributed by atoms with E-state index >= 15 is 0 Å². The fourth-order valence-electron chi connectivity index (χ4n) is 2.77. The van der Waals surface area contributed by atoms with E-state index in [0.29, 0.717) is 17.6 Å². The number of aryl methyl sites for hydroxylation is 1. The molecule has 0 spiro atoms. The second kappa shape index (κ2) is 7.39. The maximum atomic E-state index is 5.72. The predicted molar refractivity (Wildman–Crippen MR) is 106 cm³/mol. The number of hydrogen-bond donors (Lipinski definition) is 3. The van der Waals surface area contributed by atoms with Gasteiger partial charge in [0.1, 0.15) is 5.82 Å². The third-order valence-corrected chi connectivity index (χ3v) is 4.31. The lowest BCUT2D eigenvalue weighted by Gasteiger charge is -2.14. The van der Waals surface area contributed by atoms with E-state index in [4.69, 9.17) is 10.7 Å². The van der Waals surface area contributed by atoms with Crippen molar-refractivity contribution < 1.29 is 0 Å². The monoisotopic (exact) mass is 373 g/mol. The van der Waals surface area contributed by atoms with Crippen LogP contribution in [0, 0.1) is 6.92 Å². The zero-order chi connectivity index (χ0) is 19.5. The number of nitrogen functional groups attached to an aromatic ring is 1. The largest absolute Gasteiger partial charge is 0.384 e. The van der Waals surface area contributed by atoms with Crippen molar-refractivity contribution in [2.24, 2.45) is 0 Å². The van der Waals surface area contributed by atoms with Gasteiger partial charge in [-0.2, -0.15) is 5.21 Å². The van der Waals surface area contributed by atoms with Gasteiger partial charge < -0.3 is 11.1 Å². The zero-order valence-electron chi connectivity index (χ0n) is 15.5. The number of nitrogens with one attached hydrogen (secondary N) is 2. The molecule has 4 rings (SSSR count). The SMILES string of the molecule is Cc1ccc(-c2nc(N[C@H](C)c3nn[nH]n3)ncc2-c2ccc(N)nc2)cc1. The Hall–Kier alpha value is -3.88. The molecule has 0 unspecified atom stereocenters. The number of aromatic nitrogens is 7. The predicted octanol–water partition coefficient (Wildman–Crippen LogP) is 2.78. The van der Waals surface area contributed by atoms with Gasteiger partial charge in [0.15, 0.2) is 5.82 Å². The van der Waals surface area contributed by atoms with Crippen LogP contribution in [0.1, 0.15) is 24.4 Å². The molecule has 1 atom stereocenters.